The summed E-state index contributed by atoms with van der Waals surface area (Å²) in [5.41, 5.74) is 9.34. The van der Waals surface area contributed by atoms with E-state index in [2.05, 4.69) is 46.2 Å². The Morgan fingerprint density at radius 2 is 0.577 bits per heavy atom. The standard InChI is InChI=1S/C27H42N6O3.C26H38F2N6O2.C26H37F2N5O3.C26H39N5O3/c1-30-10-7-14-32(17-16-30)27-28-22-20-24(36-18-8-13-31-11-5-6-12-31)23(35-2)19-21(22)26(29-27)33-15-4-3-9-25(33)34;1-35-22-16-20-21(17-23(22)36-15-5-11-32-9-2-3-10-32)30-25(33-13-7-26(27,28)8-14-33)31-24(20)34-12-4-6-19(29)18-34;1-35-21-17-19-20(18-22(21)36-16-6-12-31-10-4-5-11-31)29-25(32-14-8-26(27,28)9-15-32)30-24(19)33-13-3-2-7-23(33)34;1-33-22-18-20-21(19-23(22)34-17-9-13-29-11-4-2-5-12-29)27-26(30-14-7-8-15-30)28-25(20)31-16-6-3-10-24(31)32/h19-20,25,34H,3-18H2,1-2H3;16-17,19H,2-15,18,29H2,1H3;17-18,23,34H,2-16H2,1H3;18-19,24,32H,2-17H2,1H3. The van der Waals surface area contributed by atoms with Gasteiger partial charge >= 0.3 is 0 Å². The third kappa shape index (κ3) is 27.0. The van der Waals surface area contributed by atoms with Crippen LogP contribution >= 0.6 is 0 Å². The molecule has 0 saturated carbocycles. The number of anilines is 8. The third-order valence-corrected chi connectivity index (χ3v) is 30.3. The molecule has 12 fully saturated rings. The largest absolute Gasteiger partial charge is 0.493 e. The molecule has 12 aliphatic rings. The number of nitrogens with zero attached hydrogens (tertiary/aromatic N) is 21. The molecule has 0 bridgehead atoms. The first-order valence-corrected chi connectivity index (χ1v) is 53.5. The monoisotopic (exact) mass is 1980 g/mol. The van der Waals surface area contributed by atoms with Gasteiger partial charge in [0.1, 0.15) is 42.0 Å². The van der Waals surface area contributed by atoms with E-state index in [1.54, 1.807) is 28.4 Å². The molecule has 142 heavy (non-hydrogen) atoms. The minimum Gasteiger partial charge on any atom is -0.493 e. The van der Waals surface area contributed by atoms with Crippen LogP contribution in [0.3, 0.4) is 0 Å². The van der Waals surface area contributed by atoms with E-state index in [9.17, 15) is 32.9 Å². The van der Waals surface area contributed by atoms with E-state index in [4.69, 9.17) is 83.5 Å². The lowest BCUT2D eigenvalue weighted by molar-refractivity contribution is -0.0228. The van der Waals surface area contributed by atoms with Crippen LogP contribution in [-0.4, -0.2) is 355 Å². The quantitative estimate of drug-likeness (QED) is 0.0225. The van der Waals surface area contributed by atoms with Crippen LogP contribution in [0.15, 0.2) is 48.5 Å². The molecule has 8 aromatic rings. The topological polar surface area (TPSA) is 306 Å². The second kappa shape index (κ2) is 50.0. The molecule has 20 rings (SSSR count). The van der Waals surface area contributed by atoms with Crippen molar-refractivity contribution in [3.05, 3.63) is 48.5 Å². The Kier molecular flexibility index (Phi) is 36.5. The van der Waals surface area contributed by atoms with Crippen molar-refractivity contribution in [2.75, 3.05) is 278 Å². The summed E-state index contributed by atoms with van der Waals surface area (Å²) in [5, 5.41) is 35.8. The van der Waals surface area contributed by atoms with Gasteiger partial charge in [-0.1, -0.05) is 6.42 Å². The van der Waals surface area contributed by atoms with E-state index in [1.807, 2.05) is 73.0 Å². The summed E-state index contributed by atoms with van der Waals surface area (Å²) in [5.74, 6) is 5.37. The molecular formula is C105H156F4N22O11. The van der Waals surface area contributed by atoms with Crippen molar-refractivity contribution in [3.8, 4) is 46.0 Å². The lowest BCUT2D eigenvalue weighted by atomic mass is 10.1. The fraction of sp³-hybridized carbons (Fsp3) is 0.695. The molecule has 4 aromatic heterocycles. The number of benzene rings is 4. The predicted molar refractivity (Wildman–Crippen MR) is 552 cm³/mol. The molecule has 4 aromatic carbocycles. The van der Waals surface area contributed by atoms with E-state index < -0.39 is 30.5 Å². The first-order valence-electron chi connectivity index (χ1n) is 53.5. The molecular weight excluding hydrogens is 1820 g/mol. The molecule has 16 heterocycles. The van der Waals surface area contributed by atoms with Crippen molar-refractivity contribution < 1.29 is 70.8 Å². The van der Waals surface area contributed by atoms with Crippen molar-refractivity contribution in [1.29, 1.82) is 0 Å². The highest BCUT2D eigenvalue weighted by Gasteiger charge is 2.40. The number of hydrogen-bond donors (Lipinski definition) is 4. The number of methoxy groups -OCH3 is 4. The highest BCUT2D eigenvalue weighted by Crippen LogP contribution is 2.46. The van der Waals surface area contributed by atoms with E-state index >= 15 is 0 Å². The molecule has 12 aliphatic heterocycles. The fourth-order valence-electron chi connectivity index (χ4n) is 22.0. The van der Waals surface area contributed by atoms with Gasteiger partial charge in [-0.05, 0) is 257 Å². The average molecular weight is 1980 g/mol. The van der Waals surface area contributed by atoms with Crippen LogP contribution in [0, 0.1) is 0 Å². The number of aromatic nitrogens is 8. The maximum absolute atomic E-state index is 13.8. The Morgan fingerprint density at radius 3 is 0.901 bits per heavy atom. The number of aliphatic hydroxyl groups is 3. The number of halogens is 4. The van der Waals surface area contributed by atoms with E-state index in [1.165, 1.54) is 97.1 Å². The minimum atomic E-state index is -2.65. The number of fused-ring (bicyclic) bond motifs is 4. The number of aliphatic hydroxyl groups excluding tert-OH is 3. The zero-order valence-corrected chi connectivity index (χ0v) is 84.9. The molecule has 0 spiro atoms. The van der Waals surface area contributed by atoms with Gasteiger partial charge in [0.15, 0.2) is 46.0 Å². The van der Waals surface area contributed by atoms with E-state index in [0.29, 0.717) is 104 Å². The van der Waals surface area contributed by atoms with Crippen molar-refractivity contribution >= 4 is 90.7 Å². The van der Waals surface area contributed by atoms with Gasteiger partial charge < -0.3 is 123 Å². The lowest BCUT2D eigenvalue weighted by Gasteiger charge is -2.35. The highest BCUT2D eigenvalue weighted by atomic mass is 19.3. The SMILES string of the molecule is COc1cc2c(N3CCCC(N)C3)nc(N3CCC(F)(F)CC3)nc2cc1OCCCN1CCCC1.COc1cc2c(N3CCCCC3O)nc(N3CCC(F)(F)CC3)nc2cc1OCCCN1CCCC1.COc1cc2c(N3CCCCC3O)nc(N3CCCC3)nc2cc1OCCCN1CCCCC1.COc1cc2c(N3CCCCC3O)nc(N3CCCN(C)CC3)nc2cc1OCCCN1CCCC1. The van der Waals surface area contributed by atoms with Crippen molar-refractivity contribution in [1.82, 2.24) is 64.4 Å². The minimum absolute atomic E-state index is 0.0704. The normalized spacial score (nSPS) is 22.5. The smallest absolute Gasteiger partial charge is 0.251 e. The summed E-state index contributed by atoms with van der Waals surface area (Å²) in [7, 11) is 8.77. The lowest BCUT2D eigenvalue weighted by Crippen LogP contribution is -2.44. The number of piperidine rings is 7. The molecule has 4 atom stereocenters. The molecule has 12 saturated heterocycles. The van der Waals surface area contributed by atoms with Crippen molar-refractivity contribution in [3.63, 3.8) is 0 Å². The molecule has 33 nitrogen and oxygen atoms in total. The second-order valence-corrected chi connectivity index (χ2v) is 40.7. The van der Waals surface area contributed by atoms with Crippen molar-refractivity contribution in [2.24, 2.45) is 5.73 Å². The molecule has 0 aliphatic carbocycles. The van der Waals surface area contributed by atoms with Gasteiger partial charge in [-0.25, -0.2) is 37.5 Å². The first kappa shape index (κ1) is 104. The Balaban J connectivity index is 0.000000130. The Hall–Kier alpha value is -9.60. The summed E-state index contributed by atoms with van der Waals surface area (Å²) in [4.78, 5) is 68.0. The second-order valence-electron chi connectivity index (χ2n) is 40.7. The number of ether oxygens (including phenoxy) is 8. The van der Waals surface area contributed by atoms with Gasteiger partial charge in [-0.15, -0.1) is 0 Å². The van der Waals surface area contributed by atoms with Crippen LogP contribution in [0.4, 0.5) is 64.6 Å². The van der Waals surface area contributed by atoms with Crippen LogP contribution < -0.4 is 82.8 Å². The molecule has 5 N–H and O–H groups in total. The number of alkyl halides is 4. The van der Waals surface area contributed by atoms with Gasteiger partial charge in [0.2, 0.25) is 23.8 Å². The Bertz CT molecular complexity index is 5350. The number of rotatable bonds is 32. The number of nitrogens with two attached hydrogens (primary N) is 1. The molecule has 4 unspecified atom stereocenters. The first-order chi connectivity index (χ1) is 69.2. The van der Waals surface area contributed by atoms with Crippen LogP contribution in [0.2, 0.25) is 0 Å². The summed E-state index contributed by atoms with van der Waals surface area (Å²) >= 11 is 0. The Labute approximate surface area is 835 Å². The summed E-state index contributed by atoms with van der Waals surface area (Å²) < 4.78 is 103. The average Bonchev–Trinajstić information content (AvgIpc) is 0.808. The number of hydrogen-bond acceptors (Lipinski definition) is 33. The number of likely N-dealkylation sites (N-methyl/N-ethyl adjacent to an activating group) is 1. The molecule has 0 amide bonds. The molecule has 37 heteroatoms. The van der Waals surface area contributed by atoms with Crippen molar-refractivity contribution in [2.45, 2.75) is 236 Å². The van der Waals surface area contributed by atoms with E-state index in [-0.39, 0.29) is 57.9 Å². The zero-order chi connectivity index (χ0) is 98.5. The Morgan fingerprint density at radius 1 is 0.296 bits per heavy atom. The molecule has 780 valence electrons. The summed E-state index contributed by atoms with van der Waals surface area (Å²) in [6, 6.07) is 15.6. The van der Waals surface area contributed by atoms with Gasteiger partial charge in [-0.3, -0.25) is 0 Å². The molecule has 0 radical (unpaired) electrons. The maximum atomic E-state index is 13.8. The van der Waals surface area contributed by atoms with Crippen LogP contribution in [0.25, 0.3) is 43.6 Å². The van der Waals surface area contributed by atoms with Crippen LogP contribution in [-0.2, 0) is 0 Å². The van der Waals surface area contributed by atoms with Gasteiger partial charge in [0.25, 0.3) is 11.8 Å². The fourth-order valence-corrected chi connectivity index (χ4v) is 22.0. The highest BCUT2D eigenvalue weighted by molar-refractivity contribution is 5.97. The summed E-state index contributed by atoms with van der Waals surface area (Å²) in [6.07, 6.45) is 26.6. The number of likely N-dealkylation sites (tertiary alicyclic amines) is 4. The van der Waals surface area contributed by atoms with Gasteiger partial charge in [-0.2, -0.15) is 19.9 Å². The van der Waals surface area contributed by atoms with E-state index in [0.717, 1.165) is 286 Å². The zero-order valence-electron chi connectivity index (χ0n) is 84.9. The van der Waals surface area contributed by atoms with Crippen LogP contribution in [0.5, 0.6) is 46.0 Å². The predicted octanol–water partition coefficient (Wildman–Crippen LogP) is 14.5. The summed E-state index contributed by atoms with van der Waals surface area (Å²) in [6.45, 7) is 26.6. The third-order valence-electron chi connectivity index (χ3n) is 30.3. The van der Waals surface area contributed by atoms with Gasteiger partial charge in [0, 0.05) is 195 Å². The maximum Gasteiger partial charge on any atom is 0.251 e. The van der Waals surface area contributed by atoms with Gasteiger partial charge in [0.05, 0.1) is 76.9 Å². The van der Waals surface area contributed by atoms with Crippen LogP contribution in [0.1, 0.15) is 199 Å².